The Morgan fingerprint density at radius 2 is 1.84 bits per heavy atom. The molecule has 0 aromatic carbocycles. The van der Waals surface area contributed by atoms with Crippen LogP contribution in [0.15, 0.2) is 0 Å². The predicted molar refractivity (Wildman–Crippen MR) is 77.8 cm³/mol. The molecule has 0 aromatic rings. The molecule has 114 valence electrons. The molecule has 0 aromatic heterocycles. The minimum absolute atomic E-state index is 0.0926. The SMILES string of the molecule is CCC(CC)N(CCOC)S(=O)(=O)C1CCNCC1. The van der Waals surface area contributed by atoms with E-state index in [1.165, 1.54) is 0 Å². The van der Waals surface area contributed by atoms with Crippen molar-refractivity contribution in [2.24, 2.45) is 0 Å². The van der Waals surface area contributed by atoms with Crippen LogP contribution in [-0.2, 0) is 14.8 Å². The Balaban J connectivity index is 2.86. The minimum atomic E-state index is -3.21. The fourth-order valence-electron chi connectivity index (χ4n) is 2.68. The average Bonchev–Trinajstić information content (AvgIpc) is 2.44. The van der Waals surface area contributed by atoms with E-state index in [1.54, 1.807) is 11.4 Å². The van der Waals surface area contributed by atoms with Gasteiger partial charge in [0.2, 0.25) is 10.0 Å². The van der Waals surface area contributed by atoms with Gasteiger partial charge in [-0.05, 0) is 38.8 Å². The summed E-state index contributed by atoms with van der Waals surface area (Å²) < 4.78 is 32.3. The molecule has 0 atom stereocenters. The molecule has 0 spiro atoms. The molecule has 1 rings (SSSR count). The third-order valence-corrected chi connectivity index (χ3v) is 6.35. The van der Waals surface area contributed by atoms with E-state index in [4.69, 9.17) is 4.74 Å². The quantitative estimate of drug-likeness (QED) is 0.730. The van der Waals surface area contributed by atoms with Gasteiger partial charge in [0.25, 0.3) is 0 Å². The van der Waals surface area contributed by atoms with Crippen LogP contribution in [0.25, 0.3) is 0 Å². The van der Waals surface area contributed by atoms with Crippen molar-refractivity contribution in [3.63, 3.8) is 0 Å². The maximum absolute atomic E-state index is 12.8. The highest BCUT2D eigenvalue weighted by Gasteiger charge is 2.35. The van der Waals surface area contributed by atoms with Crippen LogP contribution < -0.4 is 5.32 Å². The van der Waals surface area contributed by atoms with E-state index in [-0.39, 0.29) is 11.3 Å². The molecule has 0 radical (unpaired) electrons. The van der Waals surface area contributed by atoms with Gasteiger partial charge in [0, 0.05) is 19.7 Å². The van der Waals surface area contributed by atoms with Crippen molar-refractivity contribution in [3.05, 3.63) is 0 Å². The Hall–Kier alpha value is -0.170. The maximum Gasteiger partial charge on any atom is 0.217 e. The maximum atomic E-state index is 12.8. The second-order valence-electron chi connectivity index (χ2n) is 5.07. The first-order valence-corrected chi connectivity index (χ1v) is 8.78. The van der Waals surface area contributed by atoms with Gasteiger partial charge in [-0.1, -0.05) is 13.8 Å². The zero-order valence-electron chi connectivity index (χ0n) is 12.4. The molecule has 1 heterocycles. The number of nitrogens with one attached hydrogen (secondary N) is 1. The Morgan fingerprint density at radius 3 is 2.32 bits per heavy atom. The van der Waals surface area contributed by atoms with Crippen LogP contribution in [0.5, 0.6) is 0 Å². The lowest BCUT2D eigenvalue weighted by Crippen LogP contribution is -2.49. The van der Waals surface area contributed by atoms with Crippen molar-refractivity contribution < 1.29 is 13.2 Å². The molecule has 1 aliphatic heterocycles. The monoisotopic (exact) mass is 292 g/mol. The average molecular weight is 292 g/mol. The summed E-state index contributed by atoms with van der Waals surface area (Å²) in [6.45, 7) is 6.61. The Morgan fingerprint density at radius 1 is 1.26 bits per heavy atom. The molecule has 1 saturated heterocycles. The van der Waals surface area contributed by atoms with Crippen molar-refractivity contribution in [2.75, 3.05) is 33.4 Å². The lowest BCUT2D eigenvalue weighted by molar-refractivity contribution is 0.162. The van der Waals surface area contributed by atoms with Crippen molar-refractivity contribution >= 4 is 10.0 Å². The number of nitrogens with zero attached hydrogens (tertiary/aromatic N) is 1. The van der Waals surface area contributed by atoms with Gasteiger partial charge in [0.1, 0.15) is 0 Å². The van der Waals surface area contributed by atoms with E-state index in [0.29, 0.717) is 26.0 Å². The standard InChI is InChI=1S/C13H28N2O3S/c1-4-12(5-2)15(10-11-18-3)19(16,17)13-6-8-14-9-7-13/h12-14H,4-11H2,1-3H3. The van der Waals surface area contributed by atoms with Crippen LogP contribution in [0.4, 0.5) is 0 Å². The number of hydrogen-bond acceptors (Lipinski definition) is 4. The first-order chi connectivity index (χ1) is 9.07. The minimum Gasteiger partial charge on any atom is -0.383 e. The van der Waals surface area contributed by atoms with Crippen LogP contribution in [-0.4, -0.2) is 57.4 Å². The topological polar surface area (TPSA) is 58.6 Å². The summed E-state index contributed by atoms with van der Waals surface area (Å²) in [4.78, 5) is 0. The molecular weight excluding hydrogens is 264 g/mol. The van der Waals surface area contributed by atoms with Crippen molar-refractivity contribution in [3.8, 4) is 0 Å². The summed E-state index contributed by atoms with van der Waals surface area (Å²) >= 11 is 0. The highest BCUT2D eigenvalue weighted by molar-refractivity contribution is 7.89. The second kappa shape index (κ2) is 8.19. The smallest absolute Gasteiger partial charge is 0.217 e. The third kappa shape index (κ3) is 4.41. The van der Waals surface area contributed by atoms with Gasteiger partial charge in [0.15, 0.2) is 0 Å². The zero-order chi connectivity index (χ0) is 14.3. The van der Waals surface area contributed by atoms with E-state index in [1.807, 2.05) is 13.8 Å². The highest BCUT2D eigenvalue weighted by Crippen LogP contribution is 2.22. The Kier molecular flexibility index (Phi) is 7.28. The Labute approximate surface area is 117 Å². The van der Waals surface area contributed by atoms with E-state index < -0.39 is 10.0 Å². The molecule has 1 fully saturated rings. The van der Waals surface area contributed by atoms with Crippen LogP contribution in [0, 0.1) is 0 Å². The van der Waals surface area contributed by atoms with E-state index >= 15 is 0 Å². The fourth-order valence-corrected chi connectivity index (χ4v) is 4.94. The van der Waals surface area contributed by atoms with Gasteiger partial charge in [-0.2, -0.15) is 4.31 Å². The largest absolute Gasteiger partial charge is 0.383 e. The molecule has 6 heteroatoms. The molecule has 0 aliphatic carbocycles. The second-order valence-corrected chi connectivity index (χ2v) is 7.23. The summed E-state index contributed by atoms with van der Waals surface area (Å²) in [5, 5.41) is 2.99. The molecule has 5 nitrogen and oxygen atoms in total. The summed E-state index contributed by atoms with van der Waals surface area (Å²) in [5.41, 5.74) is 0. The van der Waals surface area contributed by atoms with E-state index in [2.05, 4.69) is 5.32 Å². The van der Waals surface area contributed by atoms with Crippen molar-refractivity contribution in [1.29, 1.82) is 0 Å². The Bertz CT molecular complexity index is 336. The molecule has 0 amide bonds. The van der Waals surface area contributed by atoms with Gasteiger partial charge in [0.05, 0.1) is 11.9 Å². The van der Waals surface area contributed by atoms with Crippen LogP contribution in [0.2, 0.25) is 0 Å². The van der Waals surface area contributed by atoms with Gasteiger partial charge >= 0.3 is 0 Å². The predicted octanol–water partition coefficient (Wildman–Crippen LogP) is 1.21. The van der Waals surface area contributed by atoms with Gasteiger partial charge in [-0.25, -0.2) is 8.42 Å². The molecule has 0 bridgehead atoms. The van der Waals surface area contributed by atoms with Crippen molar-refractivity contribution in [1.82, 2.24) is 9.62 Å². The molecular formula is C13H28N2O3S. The molecule has 1 N–H and O–H groups in total. The lowest BCUT2D eigenvalue weighted by Gasteiger charge is -2.34. The van der Waals surface area contributed by atoms with Crippen LogP contribution in [0.3, 0.4) is 0 Å². The summed E-state index contributed by atoms with van der Waals surface area (Å²) in [5.74, 6) is 0. The molecule has 0 saturated carbocycles. The molecule has 1 aliphatic rings. The van der Waals surface area contributed by atoms with Crippen molar-refractivity contribution in [2.45, 2.75) is 50.8 Å². The third-order valence-electron chi connectivity index (χ3n) is 3.90. The molecule has 0 unspecified atom stereocenters. The van der Waals surface area contributed by atoms with Gasteiger partial charge < -0.3 is 10.1 Å². The first-order valence-electron chi connectivity index (χ1n) is 7.28. The van der Waals surface area contributed by atoms with E-state index in [9.17, 15) is 8.42 Å². The normalized spacial score (nSPS) is 18.4. The van der Waals surface area contributed by atoms with Crippen LogP contribution >= 0.6 is 0 Å². The fraction of sp³-hybridized carbons (Fsp3) is 1.00. The number of piperidine rings is 1. The number of rotatable bonds is 8. The van der Waals surface area contributed by atoms with Crippen LogP contribution in [0.1, 0.15) is 39.5 Å². The number of hydrogen-bond donors (Lipinski definition) is 1. The summed E-state index contributed by atoms with van der Waals surface area (Å²) in [6, 6.07) is 0.0926. The summed E-state index contributed by atoms with van der Waals surface area (Å²) in [7, 11) is -1.59. The number of sulfonamides is 1. The number of methoxy groups -OCH3 is 1. The summed E-state index contributed by atoms with van der Waals surface area (Å²) in [6.07, 6.45) is 3.13. The zero-order valence-corrected chi connectivity index (χ0v) is 13.2. The van der Waals surface area contributed by atoms with Gasteiger partial charge in [-0.15, -0.1) is 0 Å². The lowest BCUT2D eigenvalue weighted by atomic mass is 10.2. The van der Waals surface area contributed by atoms with Gasteiger partial charge in [-0.3, -0.25) is 0 Å². The highest BCUT2D eigenvalue weighted by atomic mass is 32.2. The number of ether oxygens (including phenoxy) is 1. The molecule has 19 heavy (non-hydrogen) atoms. The van der Waals surface area contributed by atoms with E-state index in [0.717, 1.165) is 25.9 Å². The first kappa shape index (κ1) is 16.9.